The fourth-order valence-corrected chi connectivity index (χ4v) is 2.72. The van der Waals surface area contributed by atoms with Crippen molar-refractivity contribution in [1.29, 1.82) is 0 Å². The topological polar surface area (TPSA) is 46.5 Å². The summed E-state index contributed by atoms with van der Waals surface area (Å²) in [6, 6.07) is 0. The lowest BCUT2D eigenvalue weighted by Gasteiger charge is -2.26. The number of nitrogens with zero attached hydrogens (tertiary/aromatic N) is 1. The molecule has 0 saturated heterocycles. The lowest BCUT2D eigenvalue weighted by molar-refractivity contribution is -0.873. The molecule has 0 saturated carbocycles. The average molecular weight is 331 g/mol. The molecular formula is C19H40NO3+. The van der Waals surface area contributed by atoms with Gasteiger partial charge in [0.05, 0.1) is 34.2 Å². The van der Waals surface area contributed by atoms with Gasteiger partial charge in [-0.25, -0.2) is 0 Å². The Bertz CT molecular complexity index is 287. The van der Waals surface area contributed by atoms with Crippen LogP contribution in [0.5, 0.6) is 0 Å². The number of esters is 1. The number of rotatable bonds is 15. The number of carbonyl (C=O) groups excluding carboxylic acids is 1. The van der Waals surface area contributed by atoms with Gasteiger partial charge in [-0.05, 0) is 6.42 Å². The van der Waals surface area contributed by atoms with Crippen LogP contribution in [0.15, 0.2) is 0 Å². The van der Waals surface area contributed by atoms with Gasteiger partial charge >= 0.3 is 5.97 Å². The van der Waals surface area contributed by atoms with Gasteiger partial charge in [-0.2, -0.15) is 0 Å². The lowest BCUT2D eigenvalue weighted by atomic mass is 10.1. The van der Waals surface area contributed by atoms with Gasteiger partial charge in [0.2, 0.25) is 0 Å². The number of aliphatic hydroxyl groups excluding tert-OH is 1. The maximum absolute atomic E-state index is 11.6. The summed E-state index contributed by atoms with van der Waals surface area (Å²) in [6.45, 7) is 3.30. The molecule has 4 heteroatoms. The highest BCUT2D eigenvalue weighted by atomic mass is 16.5. The minimum Gasteiger partial charge on any atom is -0.466 e. The summed E-state index contributed by atoms with van der Waals surface area (Å²) in [7, 11) is 6.00. The molecule has 0 aliphatic heterocycles. The summed E-state index contributed by atoms with van der Waals surface area (Å²) < 4.78 is 5.84. The van der Waals surface area contributed by atoms with E-state index in [0.717, 1.165) is 12.8 Å². The standard InChI is InChI=1S/C19H40NO3/c1-5-6-7-8-9-10-11-12-13-14-15-23-19(22)16-18(21)17-20(2,3)4/h18,21H,5-17H2,1-4H3/q+1/t18-/m0/s1. The smallest absolute Gasteiger partial charge is 0.308 e. The van der Waals surface area contributed by atoms with E-state index in [1.54, 1.807) is 0 Å². The Kier molecular flexibility index (Phi) is 13.4. The van der Waals surface area contributed by atoms with E-state index in [0.29, 0.717) is 17.6 Å². The number of hydrogen-bond donors (Lipinski definition) is 1. The molecule has 0 fully saturated rings. The molecule has 0 aromatic rings. The second kappa shape index (κ2) is 13.8. The lowest BCUT2D eigenvalue weighted by Crippen LogP contribution is -2.42. The molecule has 0 bridgehead atoms. The first-order chi connectivity index (χ1) is 10.8. The third-order valence-corrected chi connectivity index (χ3v) is 3.92. The van der Waals surface area contributed by atoms with Crippen LogP contribution in [0.2, 0.25) is 0 Å². The van der Waals surface area contributed by atoms with Crippen molar-refractivity contribution in [1.82, 2.24) is 0 Å². The van der Waals surface area contributed by atoms with Gasteiger partial charge in [-0.1, -0.05) is 64.7 Å². The zero-order chi connectivity index (χ0) is 17.6. The largest absolute Gasteiger partial charge is 0.466 e. The van der Waals surface area contributed by atoms with Crippen molar-refractivity contribution >= 4 is 5.97 Å². The molecule has 4 nitrogen and oxygen atoms in total. The molecule has 0 heterocycles. The van der Waals surface area contributed by atoms with E-state index in [4.69, 9.17) is 4.74 Å². The predicted octanol–water partition coefficient (Wildman–Crippen LogP) is 3.91. The molecule has 0 aliphatic rings. The highest BCUT2D eigenvalue weighted by Crippen LogP contribution is 2.10. The van der Waals surface area contributed by atoms with Gasteiger partial charge < -0.3 is 14.3 Å². The maximum Gasteiger partial charge on any atom is 0.308 e. The Morgan fingerprint density at radius 2 is 1.39 bits per heavy atom. The first-order valence-electron chi connectivity index (χ1n) is 9.49. The first-order valence-corrected chi connectivity index (χ1v) is 9.49. The van der Waals surface area contributed by atoms with E-state index in [9.17, 15) is 9.90 Å². The van der Waals surface area contributed by atoms with Crippen molar-refractivity contribution in [2.75, 3.05) is 34.3 Å². The average Bonchev–Trinajstić information content (AvgIpc) is 2.42. The number of carbonyl (C=O) groups is 1. The van der Waals surface area contributed by atoms with Crippen molar-refractivity contribution in [2.24, 2.45) is 0 Å². The van der Waals surface area contributed by atoms with Crippen LogP contribution >= 0.6 is 0 Å². The Morgan fingerprint density at radius 3 is 1.87 bits per heavy atom. The second-order valence-electron chi connectivity index (χ2n) is 7.73. The number of hydrogen-bond acceptors (Lipinski definition) is 3. The Hall–Kier alpha value is -0.610. The molecule has 1 atom stereocenters. The minimum atomic E-state index is -0.616. The fraction of sp³-hybridized carbons (Fsp3) is 0.947. The molecule has 138 valence electrons. The summed E-state index contributed by atoms with van der Waals surface area (Å²) in [4.78, 5) is 11.6. The van der Waals surface area contributed by atoms with Gasteiger partial charge in [0.15, 0.2) is 0 Å². The van der Waals surface area contributed by atoms with Gasteiger partial charge in [0, 0.05) is 0 Å². The van der Waals surface area contributed by atoms with Crippen LogP contribution in [-0.2, 0) is 9.53 Å². The maximum atomic E-state index is 11.6. The van der Waals surface area contributed by atoms with E-state index in [-0.39, 0.29) is 12.4 Å². The quantitative estimate of drug-likeness (QED) is 0.281. The summed E-state index contributed by atoms with van der Waals surface area (Å²) in [5.41, 5.74) is 0. The van der Waals surface area contributed by atoms with Crippen LogP contribution in [-0.4, -0.2) is 56.0 Å². The van der Waals surface area contributed by atoms with Crippen LogP contribution in [0.25, 0.3) is 0 Å². The van der Waals surface area contributed by atoms with Crippen molar-refractivity contribution in [3.63, 3.8) is 0 Å². The number of quaternary nitrogens is 1. The Labute approximate surface area is 143 Å². The van der Waals surface area contributed by atoms with Crippen molar-refractivity contribution in [3.8, 4) is 0 Å². The van der Waals surface area contributed by atoms with E-state index >= 15 is 0 Å². The van der Waals surface area contributed by atoms with E-state index in [2.05, 4.69) is 6.92 Å². The van der Waals surface area contributed by atoms with Gasteiger partial charge in [-0.3, -0.25) is 4.79 Å². The van der Waals surface area contributed by atoms with Crippen molar-refractivity contribution in [2.45, 2.75) is 83.7 Å². The highest BCUT2D eigenvalue weighted by molar-refractivity contribution is 5.69. The summed E-state index contributed by atoms with van der Waals surface area (Å²) in [5.74, 6) is -0.276. The molecule has 23 heavy (non-hydrogen) atoms. The SMILES string of the molecule is CCCCCCCCCCCCOC(=O)C[C@H](O)C[N+](C)(C)C. The zero-order valence-corrected chi connectivity index (χ0v) is 16.0. The van der Waals surface area contributed by atoms with Crippen molar-refractivity contribution in [3.05, 3.63) is 0 Å². The summed E-state index contributed by atoms with van der Waals surface area (Å²) in [6.07, 6.45) is 12.2. The number of likely N-dealkylation sites (N-methyl/N-ethyl adjacent to an activating group) is 1. The second-order valence-corrected chi connectivity index (χ2v) is 7.73. The molecular weight excluding hydrogens is 290 g/mol. The normalized spacial score (nSPS) is 13.1. The number of unbranched alkanes of at least 4 members (excludes halogenated alkanes) is 9. The highest BCUT2D eigenvalue weighted by Gasteiger charge is 2.19. The zero-order valence-electron chi connectivity index (χ0n) is 16.0. The third kappa shape index (κ3) is 17.6. The van der Waals surface area contributed by atoms with Crippen LogP contribution < -0.4 is 0 Å². The first kappa shape index (κ1) is 22.4. The number of aliphatic hydroxyl groups is 1. The summed E-state index contributed by atoms with van der Waals surface area (Å²) >= 11 is 0. The molecule has 1 N–H and O–H groups in total. The molecule has 0 unspecified atom stereocenters. The Balaban J connectivity index is 3.36. The van der Waals surface area contributed by atoms with Gasteiger partial charge in [0.25, 0.3) is 0 Å². The molecule has 0 aliphatic carbocycles. The summed E-state index contributed by atoms with van der Waals surface area (Å²) in [5, 5.41) is 9.82. The van der Waals surface area contributed by atoms with Crippen LogP contribution in [0.3, 0.4) is 0 Å². The third-order valence-electron chi connectivity index (χ3n) is 3.92. The fourth-order valence-electron chi connectivity index (χ4n) is 2.72. The van der Waals surface area contributed by atoms with E-state index in [1.165, 1.54) is 51.4 Å². The van der Waals surface area contributed by atoms with Crippen molar-refractivity contribution < 1.29 is 19.1 Å². The molecule has 0 rings (SSSR count). The van der Waals surface area contributed by atoms with Gasteiger partial charge in [0.1, 0.15) is 12.6 Å². The predicted molar refractivity (Wildman–Crippen MR) is 96.3 cm³/mol. The number of ether oxygens (including phenoxy) is 1. The monoisotopic (exact) mass is 330 g/mol. The Morgan fingerprint density at radius 1 is 0.913 bits per heavy atom. The molecule has 0 amide bonds. The van der Waals surface area contributed by atoms with E-state index in [1.807, 2.05) is 21.1 Å². The van der Waals surface area contributed by atoms with Gasteiger partial charge in [-0.15, -0.1) is 0 Å². The molecule has 0 spiro atoms. The van der Waals surface area contributed by atoms with Crippen LogP contribution in [0.4, 0.5) is 0 Å². The molecule has 0 aromatic carbocycles. The molecule has 0 radical (unpaired) electrons. The minimum absolute atomic E-state index is 0.104. The van der Waals surface area contributed by atoms with E-state index < -0.39 is 6.10 Å². The molecule has 0 aromatic heterocycles. The van der Waals surface area contributed by atoms with Crippen LogP contribution in [0, 0.1) is 0 Å². The van der Waals surface area contributed by atoms with Crippen LogP contribution in [0.1, 0.15) is 77.6 Å².